The average molecular weight is 300 g/mol. The Bertz CT molecular complexity index is 337. The number of carbonyl (C=O) groups is 1. The van der Waals surface area contributed by atoms with Gasteiger partial charge in [-0.15, -0.1) is 0 Å². The van der Waals surface area contributed by atoms with Crippen LogP contribution in [0.4, 0.5) is 0 Å². The van der Waals surface area contributed by atoms with Crippen molar-refractivity contribution in [2.75, 3.05) is 20.2 Å². The van der Waals surface area contributed by atoms with Crippen LogP contribution in [-0.2, 0) is 9.53 Å². The molecule has 0 aromatic rings. The molecule has 0 radical (unpaired) electrons. The summed E-state index contributed by atoms with van der Waals surface area (Å²) >= 11 is 5.24. The summed E-state index contributed by atoms with van der Waals surface area (Å²) in [7, 11) is 1.82. The number of amides is 1. The van der Waals surface area contributed by atoms with E-state index in [-0.39, 0.29) is 12.0 Å². The molecule has 116 valence electrons. The van der Waals surface area contributed by atoms with Crippen LogP contribution in [0.3, 0.4) is 0 Å². The van der Waals surface area contributed by atoms with Crippen molar-refractivity contribution in [1.29, 1.82) is 0 Å². The molecule has 1 aliphatic rings. The van der Waals surface area contributed by atoms with Gasteiger partial charge in [0.2, 0.25) is 5.91 Å². The normalized spacial score (nSPS) is 18.6. The number of nitrogens with zero attached hydrogens (tertiary/aromatic N) is 1. The van der Waals surface area contributed by atoms with Gasteiger partial charge >= 0.3 is 0 Å². The van der Waals surface area contributed by atoms with Gasteiger partial charge in [0.15, 0.2) is 0 Å². The van der Waals surface area contributed by atoms with Crippen molar-refractivity contribution >= 4 is 23.1 Å². The summed E-state index contributed by atoms with van der Waals surface area (Å²) in [6.07, 6.45) is 6.14. The smallest absolute Gasteiger partial charge is 0.235 e. The third kappa shape index (κ3) is 4.42. The van der Waals surface area contributed by atoms with E-state index in [0.29, 0.717) is 18.1 Å². The lowest BCUT2D eigenvalue weighted by atomic mass is 9.79. The van der Waals surface area contributed by atoms with Crippen LogP contribution in [0.1, 0.15) is 52.4 Å². The molecular formula is C15H28N2O2S. The Balaban J connectivity index is 2.70. The molecule has 1 amide bonds. The Kier molecular flexibility index (Phi) is 6.89. The summed E-state index contributed by atoms with van der Waals surface area (Å²) in [5.41, 5.74) is 5.31. The highest BCUT2D eigenvalue weighted by Crippen LogP contribution is 2.37. The molecule has 0 aromatic heterocycles. The maximum absolute atomic E-state index is 12.8. The lowest BCUT2D eigenvalue weighted by Crippen LogP contribution is -2.50. The Morgan fingerprint density at radius 1 is 1.30 bits per heavy atom. The summed E-state index contributed by atoms with van der Waals surface area (Å²) in [5, 5.41) is 0. The van der Waals surface area contributed by atoms with Crippen LogP contribution >= 0.6 is 12.2 Å². The van der Waals surface area contributed by atoms with E-state index in [1.54, 1.807) is 4.90 Å². The minimum absolute atomic E-state index is 0.0688. The molecule has 1 fully saturated rings. The highest BCUT2D eigenvalue weighted by Gasteiger charge is 2.42. The number of hydrogen-bond acceptors (Lipinski definition) is 3. The number of thiocarbonyl (C=S) groups is 1. The van der Waals surface area contributed by atoms with Crippen molar-refractivity contribution in [2.45, 2.75) is 58.5 Å². The maximum Gasteiger partial charge on any atom is 0.235 e. The van der Waals surface area contributed by atoms with Gasteiger partial charge in [-0.3, -0.25) is 4.79 Å². The fraction of sp³-hybridized carbons (Fsp3) is 0.867. The third-order valence-corrected chi connectivity index (χ3v) is 4.45. The van der Waals surface area contributed by atoms with Gasteiger partial charge in [0.25, 0.3) is 0 Å². The molecule has 0 atom stereocenters. The Hall–Kier alpha value is -0.680. The fourth-order valence-electron chi connectivity index (χ4n) is 2.79. The SMILES string of the molecule is CC(C)OCCN(C)C(=O)C1(C(N)=S)CCCCCC1. The number of hydrogen-bond donors (Lipinski definition) is 1. The van der Waals surface area contributed by atoms with Crippen molar-refractivity contribution in [1.82, 2.24) is 4.90 Å². The second kappa shape index (κ2) is 7.93. The summed E-state index contributed by atoms with van der Waals surface area (Å²) in [6, 6.07) is 0. The molecule has 1 aliphatic carbocycles. The molecule has 0 bridgehead atoms. The van der Waals surface area contributed by atoms with E-state index in [0.717, 1.165) is 38.5 Å². The molecule has 1 rings (SSSR count). The first-order valence-electron chi connectivity index (χ1n) is 7.57. The summed E-state index contributed by atoms with van der Waals surface area (Å²) in [5.74, 6) is 0.0688. The molecule has 0 heterocycles. The third-order valence-electron chi connectivity index (χ3n) is 4.06. The van der Waals surface area contributed by atoms with Crippen molar-refractivity contribution in [3.8, 4) is 0 Å². The summed E-state index contributed by atoms with van der Waals surface area (Å²) < 4.78 is 5.51. The first-order chi connectivity index (χ1) is 9.40. The lowest BCUT2D eigenvalue weighted by molar-refractivity contribution is -0.138. The van der Waals surface area contributed by atoms with Crippen LogP contribution in [0.2, 0.25) is 0 Å². The molecule has 5 heteroatoms. The van der Waals surface area contributed by atoms with Crippen LogP contribution < -0.4 is 5.73 Å². The molecular weight excluding hydrogens is 272 g/mol. The van der Waals surface area contributed by atoms with Crippen molar-refractivity contribution in [3.05, 3.63) is 0 Å². The summed E-state index contributed by atoms with van der Waals surface area (Å²) in [4.78, 5) is 14.9. The number of rotatable bonds is 6. The molecule has 0 spiro atoms. The minimum atomic E-state index is -0.627. The topological polar surface area (TPSA) is 55.6 Å². The molecule has 2 N–H and O–H groups in total. The van der Waals surface area contributed by atoms with Gasteiger partial charge in [0, 0.05) is 13.6 Å². The number of likely N-dealkylation sites (N-methyl/N-ethyl adjacent to an activating group) is 1. The fourth-order valence-corrected chi connectivity index (χ4v) is 3.08. The maximum atomic E-state index is 12.8. The zero-order valence-corrected chi connectivity index (χ0v) is 13.8. The molecule has 0 unspecified atom stereocenters. The molecule has 20 heavy (non-hydrogen) atoms. The Morgan fingerprint density at radius 3 is 2.30 bits per heavy atom. The lowest BCUT2D eigenvalue weighted by Gasteiger charge is -2.34. The first-order valence-corrected chi connectivity index (χ1v) is 7.98. The predicted octanol–water partition coefficient (Wildman–Crippen LogP) is 2.50. The molecule has 1 saturated carbocycles. The van der Waals surface area contributed by atoms with E-state index in [1.807, 2.05) is 20.9 Å². The van der Waals surface area contributed by atoms with E-state index in [4.69, 9.17) is 22.7 Å². The monoisotopic (exact) mass is 300 g/mol. The molecule has 0 aromatic carbocycles. The number of nitrogens with two attached hydrogens (primary N) is 1. The standard InChI is InChI=1S/C15H28N2O2S/c1-12(2)19-11-10-17(3)14(18)15(13(16)20)8-6-4-5-7-9-15/h12H,4-11H2,1-3H3,(H2,16,20). The summed E-state index contributed by atoms with van der Waals surface area (Å²) in [6.45, 7) is 5.11. The van der Waals surface area contributed by atoms with Crippen molar-refractivity contribution in [3.63, 3.8) is 0 Å². The second-order valence-corrected chi connectivity index (χ2v) is 6.45. The van der Waals surface area contributed by atoms with Crippen molar-refractivity contribution in [2.24, 2.45) is 11.1 Å². The largest absolute Gasteiger partial charge is 0.392 e. The van der Waals surface area contributed by atoms with Gasteiger partial charge < -0.3 is 15.4 Å². The Morgan fingerprint density at radius 2 is 1.85 bits per heavy atom. The molecule has 0 aliphatic heterocycles. The van der Waals surface area contributed by atoms with E-state index in [9.17, 15) is 4.79 Å². The van der Waals surface area contributed by atoms with Crippen molar-refractivity contribution < 1.29 is 9.53 Å². The van der Waals surface area contributed by atoms with Gasteiger partial charge in [-0.05, 0) is 26.7 Å². The van der Waals surface area contributed by atoms with Crippen LogP contribution in [-0.4, -0.2) is 42.1 Å². The van der Waals surface area contributed by atoms with E-state index >= 15 is 0 Å². The zero-order chi connectivity index (χ0) is 15.2. The van der Waals surface area contributed by atoms with Gasteiger partial charge in [-0.1, -0.05) is 37.9 Å². The predicted molar refractivity (Wildman–Crippen MR) is 85.6 cm³/mol. The van der Waals surface area contributed by atoms with E-state index in [1.165, 1.54) is 0 Å². The van der Waals surface area contributed by atoms with E-state index in [2.05, 4.69) is 0 Å². The molecule has 4 nitrogen and oxygen atoms in total. The number of ether oxygens (including phenoxy) is 1. The van der Waals surface area contributed by atoms with E-state index < -0.39 is 5.41 Å². The van der Waals surface area contributed by atoms with Gasteiger partial charge in [-0.2, -0.15) is 0 Å². The zero-order valence-electron chi connectivity index (χ0n) is 13.0. The van der Waals surface area contributed by atoms with Crippen LogP contribution in [0.25, 0.3) is 0 Å². The van der Waals surface area contributed by atoms with Crippen LogP contribution in [0.15, 0.2) is 0 Å². The minimum Gasteiger partial charge on any atom is -0.392 e. The number of carbonyl (C=O) groups excluding carboxylic acids is 1. The first kappa shape index (κ1) is 17.4. The van der Waals surface area contributed by atoms with Crippen LogP contribution in [0, 0.1) is 5.41 Å². The molecule has 0 saturated heterocycles. The average Bonchev–Trinajstić information content (AvgIpc) is 2.63. The van der Waals surface area contributed by atoms with Gasteiger partial charge in [-0.25, -0.2) is 0 Å². The second-order valence-electron chi connectivity index (χ2n) is 6.01. The van der Waals surface area contributed by atoms with Gasteiger partial charge in [0.05, 0.1) is 23.1 Å². The highest BCUT2D eigenvalue weighted by molar-refractivity contribution is 7.80. The Labute approximate surface area is 128 Å². The quantitative estimate of drug-likeness (QED) is 0.605. The van der Waals surface area contributed by atoms with Crippen LogP contribution in [0.5, 0.6) is 0 Å². The highest BCUT2D eigenvalue weighted by atomic mass is 32.1. The van der Waals surface area contributed by atoms with Gasteiger partial charge in [0.1, 0.15) is 0 Å².